The summed E-state index contributed by atoms with van der Waals surface area (Å²) in [6.07, 6.45) is 4.62. The average Bonchev–Trinajstić information content (AvgIpc) is 3.19. The van der Waals surface area contributed by atoms with E-state index in [1.165, 1.54) is 29.5 Å². The lowest BCUT2D eigenvalue weighted by Crippen LogP contribution is -2.22. The first-order valence-electron chi connectivity index (χ1n) is 8.33. The Morgan fingerprint density at radius 3 is 2.48 bits per heavy atom. The Balaban J connectivity index is 2.29. The molecule has 0 spiro atoms. The molecule has 1 aliphatic rings. The smallest absolute Gasteiger partial charge is 0.125 e. The zero-order valence-corrected chi connectivity index (χ0v) is 14.3. The van der Waals surface area contributed by atoms with Crippen LogP contribution in [-0.4, -0.2) is 12.6 Å². The topological polar surface area (TPSA) is 35.2 Å². The van der Waals surface area contributed by atoms with E-state index in [0.29, 0.717) is 0 Å². The van der Waals surface area contributed by atoms with Crippen LogP contribution < -0.4 is 10.5 Å². The van der Waals surface area contributed by atoms with Gasteiger partial charge in [0.05, 0.1) is 6.61 Å². The largest absolute Gasteiger partial charge is 0.493 e. The molecule has 1 unspecified atom stereocenters. The minimum atomic E-state index is 0.0932. The van der Waals surface area contributed by atoms with E-state index >= 15 is 0 Å². The fourth-order valence-corrected chi connectivity index (χ4v) is 2.65. The number of rotatable bonds is 6. The van der Waals surface area contributed by atoms with Gasteiger partial charge in [-0.15, -0.1) is 0 Å². The van der Waals surface area contributed by atoms with Crippen molar-refractivity contribution in [3.63, 3.8) is 0 Å². The summed E-state index contributed by atoms with van der Waals surface area (Å²) in [5.74, 6) is 1.88. The van der Waals surface area contributed by atoms with Crippen LogP contribution in [0.4, 0.5) is 0 Å². The number of hydrogen-bond donors (Lipinski definition) is 1. The third-order valence-corrected chi connectivity index (χ3v) is 4.32. The Kier molecular flexibility index (Phi) is 4.98. The summed E-state index contributed by atoms with van der Waals surface area (Å²) in [7, 11) is 0. The molecule has 0 aliphatic heterocycles. The van der Waals surface area contributed by atoms with Crippen molar-refractivity contribution in [3.8, 4) is 5.75 Å². The van der Waals surface area contributed by atoms with Gasteiger partial charge in [-0.1, -0.05) is 39.8 Å². The molecule has 0 aromatic heterocycles. The Morgan fingerprint density at radius 2 is 1.95 bits per heavy atom. The van der Waals surface area contributed by atoms with Gasteiger partial charge in [0.1, 0.15) is 5.75 Å². The molecule has 1 atom stereocenters. The lowest BCUT2D eigenvalue weighted by molar-refractivity contribution is 0.290. The maximum absolute atomic E-state index is 6.17. The third kappa shape index (κ3) is 4.47. The highest BCUT2D eigenvalue weighted by molar-refractivity contribution is 5.47. The SMILES string of the molecule is CCC(N)Cc1cc(C)c(OCC2CC2)c(C(C)(C)C)c1. The van der Waals surface area contributed by atoms with E-state index in [9.17, 15) is 0 Å². The summed E-state index contributed by atoms with van der Waals surface area (Å²) in [5.41, 5.74) is 10.1. The molecular formula is C19H31NO. The molecule has 1 fully saturated rings. The van der Waals surface area contributed by atoms with Crippen molar-refractivity contribution in [3.05, 3.63) is 28.8 Å². The molecular weight excluding hydrogens is 258 g/mol. The summed E-state index contributed by atoms with van der Waals surface area (Å²) < 4.78 is 6.17. The van der Waals surface area contributed by atoms with Crippen molar-refractivity contribution in [2.75, 3.05) is 6.61 Å². The first-order valence-corrected chi connectivity index (χ1v) is 8.33. The van der Waals surface area contributed by atoms with Gasteiger partial charge in [0.2, 0.25) is 0 Å². The molecule has 0 heterocycles. The highest BCUT2D eigenvalue weighted by Crippen LogP contribution is 2.37. The van der Waals surface area contributed by atoms with Crippen LogP contribution in [0.5, 0.6) is 5.75 Å². The van der Waals surface area contributed by atoms with E-state index in [0.717, 1.165) is 31.1 Å². The van der Waals surface area contributed by atoms with Gasteiger partial charge in [-0.2, -0.15) is 0 Å². The highest BCUT2D eigenvalue weighted by atomic mass is 16.5. The molecule has 0 amide bonds. The zero-order valence-electron chi connectivity index (χ0n) is 14.3. The molecule has 1 aliphatic carbocycles. The van der Waals surface area contributed by atoms with Crippen LogP contribution in [0.3, 0.4) is 0 Å². The number of ether oxygens (including phenoxy) is 1. The van der Waals surface area contributed by atoms with E-state index in [4.69, 9.17) is 10.5 Å². The van der Waals surface area contributed by atoms with Crippen LogP contribution in [0.1, 0.15) is 63.6 Å². The van der Waals surface area contributed by atoms with Crippen molar-refractivity contribution < 1.29 is 4.74 Å². The zero-order chi connectivity index (χ0) is 15.6. The van der Waals surface area contributed by atoms with Gasteiger partial charge in [-0.05, 0) is 55.1 Å². The highest BCUT2D eigenvalue weighted by Gasteiger charge is 2.26. The quantitative estimate of drug-likeness (QED) is 0.844. The van der Waals surface area contributed by atoms with Crippen molar-refractivity contribution in [2.24, 2.45) is 11.7 Å². The molecule has 21 heavy (non-hydrogen) atoms. The number of nitrogens with two attached hydrogens (primary N) is 1. The molecule has 1 saturated carbocycles. The van der Waals surface area contributed by atoms with E-state index < -0.39 is 0 Å². The molecule has 1 aromatic carbocycles. The molecule has 0 saturated heterocycles. The van der Waals surface area contributed by atoms with Gasteiger partial charge >= 0.3 is 0 Å². The first-order chi connectivity index (χ1) is 9.81. The van der Waals surface area contributed by atoms with E-state index in [-0.39, 0.29) is 11.5 Å². The predicted molar refractivity (Wildman–Crippen MR) is 90.1 cm³/mol. The average molecular weight is 289 g/mol. The molecule has 1 aromatic rings. The predicted octanol–water partition coefficient (Wildman–Crippen LogP) is 4.36. The molecule has 2 heteroatoms. The number of hydrogen-bond acceptors (Lipinski definition) is 2. The Morgan fingerprint density at radius 1 is 1.29 bits per heavy atom. The molecule has 2 rings (SSSR count). The van der Waals surface area contributed by atoms with Crippen molar-refractivity contribution in [1.82, 2.24) is 0 Å². The minimum absolute atomic E-state index is 0.0932. The number of aryl methyl sites for hydroxylation is 1. The second-order valence-electron chi connectivity index (χ2n) is 7.67. The lowest BCUT2D eigenvalue weighted by Gasteiger charge is -2.26. The molecule has 2 N–H and O–H groups in total. The maximum atomic E-state index is 6.17. The second kappa shape index (κ2) is 6.39. The van der Waals surface area contributed by atoms with Crippen LogP contribution in [0.2, 0.25) is 0 Å². The summed E-state index contributed by atoms with van der Waals surface area (Å²) in [6.45, 7) is 12.0. The summed E-state index contributed by atoms with van der Waals surface area (Å²) in [6, 6.07) is 4.81. The lowest BCUT2D eigenvalue weighted by atomic mass is 9.83. The second-order valence-corrected chi connectivity index (χ2v) is 7.67. The van der Waals surface area contributed by atoms with Crippen LogP contribution in [0.25, 0.3) is 0 Å². The Hall–Kier alpha value is -1.02. The van der Waals surface area contributed by atoms with Gasteiger partial charge < -0.3 is 10.5 Å². The van der Waals surface area contributed by atoms with Crippen LogP contribution in [-0.2, 0) is 11.8 Å². The molecule has 0 radical (unpaired) electrons. The van der Waals surface area contributed by atoms with Gasteiger partial charge in [0.15, 0.2) is 0 Å². The molecule has 0 bridgehead atoms. The monoisotopic (exact) mass is 289 g/mol. The normalized spacial score (nSPS) is 16.9. The Bertz CT molecular complexity index is 483. The van der Waals surface area contributed by atoms with E-state index in [2.05, 4.69) is 46.8 Å². The summed E-state index contributed by atoms with van der Waals surface area (Å²) in [4.78, 5) is 0. The standard InChI is InChI=1S/C19H31NO/c1-6-16(20)10-15-9-13(2)18(21-12-14-7-8-14)17(11-15)19(3,4)5/h9,11,14,16H,6-8,10,12,20H2,1-5H3. The van der Waals surface area contributed by atoms with Gasteiger partial charge in [0.25, 0.3) is 0 Å². The minimum Gasteiger partial charge on any atom is -0.493 e. The maximum Gasteiger partial charge on any atom is 0.125 e. The van der Waals surface area contributed by atoms with Crippen LogP contribution >= 0.6 is 0 Å². The van der Waals surface area contributed by atoms with Crippen LogP contribution in [0, 0.1) is 12.8 Å². The van der Waals surface area contributed by atoms with Crippen molar-refractivity contribution >= 4 is 0 Å². The van der Waals surface area contributed by atoms with Gasteiger partial charge in [-0.3, -0.25) is 0 Å². The fourth-order valence-electron chi connectivity index (χ4n) is 2.65. The summed E-state index contributed by atoms with van der Waals surface area (Å²) >= 11 is 0. The van der Waals surface area contributed by atoms with Crippen molar-refractivity contribution in [1.29, 1.82) is 0 Å². The van der Waals surface area contributed by atoms with Gasteiger partial charge in [0, 0.05) is 11.6 Å². The fraction of sp³-hybridized carbons (Fsp3) is 0.684. The van der Waals surface area contributed by atoms with Gasteiger partial charge in [-0.25, -0.2) is 0 Å². The Labute approximate surface area is 130 Å². The number of benzene rings is 1. The van der Waals surface area contributed by atoms with E-state index in [1.807, 2.05) is 0 Å². The first kappa shape index (κ1) is 16.4. The van der Waals surface area contributed by atoms with Crippen molar-refractivity contribution in [2.45, 2.75) is 71.8 Å². The summed E-state index contributed by atoms with van der Waals surface area (Å²) in [5, 5.41) is 0. The molecule has 118 valence electrons. The van der Waals surface area contributed by atoms with E-state index in [1.54, 1.807) is 0 Å². The van der Waals surface area contributed by atoms with Crippen LogP contribution in [0.15, 0.2) is 12.1 Å². The molecule has 2 nitrogen and oxygen atoms in total. The third-order valence-electron chi connectivity index (χ3n) is 4.32.